The Bertz CT molecular complexity index is 898. The first kappa shape index (κ1) is 17.7. The Morgan fingerprint density at radius 1 is 1.00 bits per heavy atom. The predicted molar refractivity (Wildman–Crippen MR) is 99.1 cm³/mol. The van der Waals surface area contributed by atoms with Crippen molar-refractivity contribution in [1.82, 2.24) is 4.98 Å². The molecular formula is C20H21NO5. The second-order valence-electron chi connectivity index (χ2n) is 5.48. The smallest absolute Gasteiger partial charge is 0.497 e. The minimum absolute atomic E-state index is 0.241. The number of ether oxygens (including phenoxy) is 4. The molecule has 0 aliphatic heterocycles. The van der Waals surface area contributed by atoms with E-state index in [2.05, 4.69) is 4.98 Å². The number of aromatic nitrogens is 1. The lowest BCUT2D eigenvalue weighted by atomic mass is 10.0. The van der Waals surface area contributed by atoms with E-state index in [1.165, 1.54) is 0 Å². The molecule has 0 amide bonds. The van der Waals surface area contributed by atoms with Crippen LogP contribution < -0.4 is 14.2 Å². The van der Waals surface area contributed by atoms with Crippen LogP contribution in [0.1, 0.15) is 13.8 Å². The summed E-state index contributed by atoms with van der Waals surface area (Å²) in [4.78, 5) is 15.0. The van der Waals surface area contributed by atoms with Gasteiger partial charge in [-0.1, -0.05) is 12.1 Å². The van der Waals surface area contributed by atoms with E-state index < -0.39 is 6.16 Å². The Hall–Kier alpha value is -3.15. The summed E-state index contributed by atoms with van der Waals surface area (Å²) < 4.78 is 21.1. The molecule has 0 radical (unpaired) electrons. The van der Waals surface area contributed by atoms with Crippen LogP contribution >= 0.6 is 0 Å². The van der Waals surface area contributed by atoms with Gasteiger partial charge < -0.3 is 23.9 Å². The highest BCUT2D eigenvalue weighted by atomic mass is 16.7. The third kappa shape index (κ3) is 3.59. The van der Waals surface area contributed by atoms with Gasteiger partial charge in [0, 0.05) is 10.9 Å². The van der Waals surface area contributed by atoms with E-state index in [0.717, 1.165) is 33.5 Å². The van der Waals surface area contributed by atoms with E-state index in [-0.39, 0.29) is 6.61 Å². The van der Waals surface area contributed by atoms with Gasteiger partial charge in [0.05, 0.1) is 25.9 Å². The second-order valence-corrected chi connectivity index (χ2v) is 5.48. The summed E-state index contributed by atoms with van der Waals surface area (Å²) in [5, 5.41) is 0.889. The fraction of sp³-hybridized carbons (Fsp3) is 0.250. The number of hydrogen-bond acceptors (Lipinski definition) is 5. The van der Waals surface area contributed by atoms with Gasteiger partial charge in [-0.05, 0) is 49.7 Å². The SMILES string of the molecule is CCOC(=O)Oc1[nH]c2ccc(OCC)cc2c1-c1ccc(OC)cc1. The molecule has 6 nitrogen and oxygen atoms in total. The molecule has 0 unspecified atom stereocenters. The maximum Gasteiger partial charge on any atom is 0.515 e. The first-order valence-electron chi connectivity index (χ1n) is 8.43. The van der Waals surface area contributed by atoms with Crippen molar-refractivity contribution in [3.05, 3.63) is 42.5 Å². The Morgan fingerprint density at radius 3 is 2.38 bits per heavy atom. The molecule has 1 heterocycles. The average Bonchev–Trinajstić information content (AvgIpc) is 2.99. The number of aromatic amines is 1. The summed E-state index contributed by atoms with van der Waals surface area (Å²) in [6.45, 7) is 4.47. The van der Waals surface area contributed by atoms with Crippen LogP contribution in [0.15, 0.2) is 42.5 Å². The van der Waals surface area contributed by atoms with Crippen molar-refractivity contribution < 1.29 is 23.7 Å². The molecule has 2 aromatic carbocycles. The van der Waals surface area contributed by atoms with Gasteiger partial charge in [0.2, 0.25) is 5.88 Å². The molecular weight excluding hydrogens is 334 g/mol. The first-order valence-corrected chi connectivity index (χ1v) is 8.43. The summed E-state index contributed by atoms with van der Waals surface area (Å²) in [6.07, 6.45) is -0.751. The monoisotopic (exact) mass is 355 g/mol. The molecule has 0 bridgehead atoms. The van der Waals surface area contributed by atoms with Gasteiger partial charge in [-0.3, -0.25) is 0 Å². The van der Waals surface area contributed by atoms with Crippen molar-refractivity contribution in [2.75, 3.05) is 20.3 Å². The zero-order valence-corrected chi connectivity index (χ0v) is 15.0. The first-order chi connectivity index (χ1) is 12.7. The molecule has 26 heavy (non-hydrogen) atoms. The van der Waals surface area contributed by atoms with Gasteiger partial charge in [-0.2, -0.15) is 0 Å². The van der Waals surface area contributed by atoms with Gasteiger partial charge >= 0.3 is 6.16 Å². The third-order valence-electron chi connectivity index (χ3n) is 3.87. The molecule has 0 saturated carbocycles. The number of H-pyrrole nitrogens is 1. The number of carbonyl (C=O) groups is 1. The van der Waals surface area contributed by atoms with Gasteiger partial charge in [0.25, 0.3) is 0 Å². The number of rotatable bonds is 6. The molecule has 1 N–H and O–H groups in total. The standard InChI is InChI=1S/C20H21NO5/c1-4-24-15-10-11-17-16(12-15)18(13-6-8-14(23-3)9-7-13)19(21-17)26-20(22)25-5-2/h6-12,21H,4-5H2,1-3H3. The summed E-state index contributed by atoms with van der Waals surface area (Å²) in [7, 11) is 1.62. The lowest BCUT2D eigenvalue weighted by Crippen LogP contribution is -2.10. The van der Waals surface area contributed by atoms with E-state index in [9.17, 15) is 4.79 Å². The number of hydrogen-bond donors (Lipinski definition) is 1. The molecule has 0 aliphatic carbocycles. The second kappa shape index (κ2) is 7.82. The van der Waals surface area contributed by atoms with Crippen LogP contribution in [-0.2, 0) is 4.74 Å². The zero-order chi connectivity index (χ0) is 18.5. The average molecular weight is 355 g/mol. The van der Waals surface area contributed by atoms with E-state index in [1.807, 2.05) is 49.4 Å². The van der Waals surface area contributed by atoms with Gasteiger partial charge in [-0.25, -0.2) is 4.79 Å². The van der Waals surface area contributed by atoms with E-state index in [4.69, 9.17) is 18.9 Å². The van der Waals surface area contributed by atoms with E-state index in [1.54, 1.807) is 14.0 Å². The molecule has 1 aromatic heterocycles. The summed E-state index contributed by atoms with van der Waals surface area (Å²) in [6, 6.07) is 13.2. The Labute approximate surface area is 151 Å². The number of fused-ring (bicyclic) bond motifs is 1. The Kier molecular flexibility index (Phi) is 5.31. The molecule has 6 heteroatoms. The zero-order valence-electron chi connectivity index (χ0n) is 15.0. The maximum absolute atomic E-state index is 11.8. The van der Waals surface area contributed by atoms with Crippen molar-refractivity contribution >= 4 is 17.1 Å². The Morgan fingerprint density at radius 2 is 1.73 bits per heavy atom. The summed E-state index contributed by atoms with van der Waals surface area (Å²) in [5.41, 5.74) is 2.47. The van der Waals surface area contributed by atoms with Crippen molar-refractivity contribution in [1.29, 1.82) is 0 Å². The fourth-order valence-electron chi connectivity index (χ4n) is 2.75. The van der Waals surface area contributed by atoms with Crippen LogP contribution in [0.25, 0.3) is 22.0 Å². The molecule has 0 saturated heterocycles. The Balaban J connectivity index is 2.12. The van der Waals surface area contributed by atoms with Crippen LogP contribution in [0.2, 0.25) is 0 Å². The van der Waals surface area contributed by atoms with Gasteiger partial charge in [0.15, 0.2) is 0 Å². The van der Waals surface area contributed by atoms with E-state index in [0.29, 0.717) is 12.5 Å². The van der Waals surface area contributed by atoms with Crippen LogP contribution in [0.5, 0.6) is 17.4 Å². The number of methoxy groups -OCH3 is 1. The number of nitrogens with one attached hydrogen (secondary N) is 1. The van der Waals surface area contributed by atoms with Crippen LogP contribution in [0.4, 0.5) is 4.79 Å². The van der Waals surface area contributed by atoms with Crippen LogP contribution in [-0.4, -0.2) is 31.5 Å². The minimum atomic E-state index is -0.751. The minimum Gasteiger partial charge on any atom is -0.497 e. The molecule has 0 aliphatic rings. The van der Waals surface area contributed by atoms with Crippen LogP contribution in [0.3, 0.4) is 0 Å². The molecule has 0 atom stereocenters. The summed E-state index contributed by atoms with van der Waals surface area (Å²) in [5.74, 6) is 1.82. The van der Waals surface area contributed by atoms with Crippen LogP contribution in [0, 0.1) is 0 Å². The van der Waals surface area contributed by atoms with Gasteiger partial charge in [0.1, 0.15) is 11.5 Å². The molecule has 136 valence electrons. The largest absolute Gasteiger partial charge is 0.515 e. The highest BCUT2D eigenvalue weighted by molar-refractivity contribution is 6.00. The fourth-order valence-corrected chi connectivity index (χ4v) is 2.75. The maximum atomic E-state index is 11.8. The molecule has 0 fully saturated rings. The molecule has 3 rings (SSSR count). The van der Waals surface area contributed by atoms with Crippen molar-refractivity contribution in [2.45, 2.75) is 13.8 Å². The van der Waals surface area contributed by atoms with Gasteiger partial charge in [-0.15, -0.1) is 0 Å². The normalized spacial score (nSPS) is 10.6. The summed E-state index contributed by atoms with van der Waals surface area (Å²) >= 11 is 0. The van der Waals surface area contributed by atoms with Crippen molar-refractivity contribution in [3.8, 4) is 28.5 Å². The highest BCUT2D eigenvalue weighted by Crippen LogP contribution is 2.39. The lowest BCUT2D eigenvalue weighted by Gasteiger charge is -2.08. The highest BCUT2D eigenvalue weighted by Gasteiger charge is 2.19. The molecule has 3 aromatic rings. The predicted octanol–water partition coefficient (Wildman–Crippen LogP) is 4.78. The van der Waals surface area contributed by atoms with Crippen molar-refractivity contribution in [3.63, 3.8) is 0 Å². The lowest BCUT2D eigenvalue weighted by molar-refractivity contribution is 0.103. The quantitative estimate of drug-likeness (QED) is 0.645. The molecule has 0 spiro atoms. The number of carbonyl (C=O) groups excluding carboxylic acids is 1. The third-order valence-corrected chi connectivity index (χ3v) is 3.87. The number of benzene rings is 2. The van der Waals surface area contributed by atoms with Crippen molar-refractivity contribution in [2.24, 2.45) is 0 Å². The topological polar surface area (TPSA) is 69.8 Å². The van der Waals surface area contributed by atoms with E-state index >= 15 is 0 Å².